The molecule has 2 N–H and O–H groups in total. The fraction of sp³-hybridized carbons (Fsp3) is 0.167. The highest BCUT2D eigenvalue weighted by molar-refractivity contribution is 9.11. The van der Waals surface area contributed by atoms with Crippen molar-refractivity contribution in [1.29, 1.82) is 0 Å². The van der Waals surface area contributed by atoms with Gasteiger partial charge in [-0.15, -0.1) is 0 Å². The Morgan fingerprint density at radius 1 is 1.42 bits per heavy atom. The van der Waals surface area contributed by atoms with Crippen LogP contribution in [-0.2, 0) is 4.79 Å². The fourth-order valence-electron chi connectivity index (χ4n) is 1.33. The summed E-state index contributed by atoms with van der Waals surface area (Å²) in [6.07, 6.45) is -0.0517. The number of amides is 1. The molecule has 0 heterocycles. The molecule has 1 rings (SSSR count). The predicted octanol–water partition coefficient (Wildman–Crippen LogP) is 2.45. The zero-order valence-electron chi connectivity index (χ0n) is 9.62. The number of halogens is 3. The van der Waals surface area contributed by atoms with Gasteiger partial charge in [0.2, 0.25) is 0 Å². The molecule has 0 saturated heterocycles. The van der Waals surface area contributed by atoms with E-state index in [-0.39, 0.29) is 6.42 Å². The first-order valence-corrected chi connectivity index (χ1v) is 5.92. The van der Waals surface area contributed by atoms with E-state index in [0.29, 0.717) is 10.5 Å². The molecule has 0 fully saturated rings. The van der Waals surface area contributed by atoms with Crippen LogP contribution in [0.1, 0.15) is 16.8 Å². The third-order valence-corrected chi connectivity index (χ3v) is 2.53. The van der Waals surface area contributed by atoms with Crippen molar-refractivity contribution in [3.05, 3.63) is 46.5 Å². The lowest BCUT2D eigenvalue weighted by molar-refractivity contribution is -0.139. The maximum atomic E-state index is 13.3. The molecule has 0 aliphatic carbocycles. The molecule has 0 aromatic heterocycles. The molecule has 1 aromatic rings. The molecule has 1 aromatic carbocycles. The molecule has 0 saturated carbocycles. The Kier molecular flexibility index (Phi) is 5.17. The number of carbonyl (C=O) groups excluding carboxylic acids is 1. The molecule has 102 valence electrons. The van der Waals surface area contributed by atoms with Crippen molar-refractivity contribution in [2.24, 2.45) is 0 Å². The van der Waals surface area contributed by atoms with Gasteiger partial charge in [-0.05, 0) is 16.6 Å². The third-order valence-electron chi connectivity index (χ3n) is 2.20. The monoisotopic (exact) mass is 333 g/mol. The summed E-state index contributed by atoms with van der Waals surface area (Å²) in [5.74, 6) is -4.09. The molecule has 0 bridgehead atoms. The van der Waals surface area contributed by atoms with Crippen LogP contribution < -0.4 is 5.32 Å². The Bertz CT molecular complexity index is 534. The molecule has 0 radical (unpaired) electrons. The number of benzene rings is 1. The van der Waals surface area contributed by atoms with Gasteiger partial charge in [0.15, 0.2) is 0 Å². The molecule has 0 aliphatic rings. The molecule has 1 amide bonds. The summed E-state index contributed by atoms with van der Waals surface area (Å²) in [5.41, 5.74) is -0.423. The summed E-state index contributed by atoms with van der Waals surface area (Å²) in [6, 6.07) is 1.16. The number of hydrogen-bond acceptors (Lipinski definition) is 2. The van der Waals surface area contributed by atoms with E-state index in [1.165, 1.54) is 0 Å². The normalized spacial score (nSPS) is 11.7. The van der Waals surface area contributed by atoms with E-state index < -0.39 is 35.1 Å². The van der Waals surface area contributed by atoms with Gasteiger partial charge in [-0.1, -0.05) is 22.5 Å². The van der Waals surface area contributed by atoms with Crippen LogP contribution in [-0.4, -0.2) is 23.0 Å². The van der Waals surface area contributed by atoms with Crippen LogP contribution >= 0.6 is 15.9 Å². The third kappa shape index (κ3) is 4.44. The highest BCUT2D eigenvalue weighted by atomic mass is 79.9. The molecule has 0 unspecified atom stereocenters. The van der Waals surface area contributed by atoms with Crippen LogP contribution in [0.25, 0.3) is 0 Å². The second kappa shape index (κ2) is 6.42. The molecular formula is C12H10BrF2NO3. The molecule has 0 aliphatic heterocycles. The standard InChI is InChI=1S/C12H10BrF2NO3/c1-6(13)4-10(12(18)19)16-11(17)8-3-2-7(14)5-9(8)15/h2-3,5,10H,1,4H2,(H,16,17)(H,18,19)/t10-/m1/s1. The van der Waals surface area contributed by atoms with Crippen molar-refractivity contribution < 1.29 is 23.5 Å². The Morgan fingerprint density at radius 2 is 2.05 bits per heavy atom. The largest absolute Gasteiger partial charge is 0.480 e. The fourth-order valence-corrected chi connectivity index (χ4v) is 1.65. The smallest absolute Gasteiger partial charge is 0.326 e. The SMILES string of the molecule is C=C(Br)C[C@@H](NC(=O)c1ccc(F)cc1F)C(=O)O. The van der Waals surface area contributed by atoms with Crippen molar-refractivity contribution in [1.82, 2.24) is 5.32 Å². The van der Waals surface area contributed by atoms with E-state index >= 15 is 0 Å². The topological polar surface area (TPSA) is 66.4 Å². The summed E-state index contributed by atoms with van der Waals surface area (Å²) >= 11 is 2.98. The second-order valence-corrected chi connectivity index (χ2v) is 4.83. The van der Waals surface area contributed by atoms with E-state index in [9.17, 15) is 18.4 Å². The van der Waals surface area contributed by atoms with Gasteiger partial charge >= 0.3 is 5.97 Å². The number of nitrogens with one attached hydrogen (secondary N) is 1. The molecule has 1 atom stereocenters. The minimum absolute atomic E-state index is 0.0517. The van der Waals surface area contributed by atoms with Gasteiger partial charge in [0.1, 0.15) is 17.7 Å². The lowest BCUT2D eigenvalue weighted by atomic mass is 10.1. The summed E-state index contributed by atoms with van der Waals surface area (Å²) < 4.78 is 26.4. The van der Waals surface area contributed by atoms with E-state index in [2.05, 4.69) is 27.8 Å². The van der Waals surface area contributed by atoms with Gasteiger partial charge in [-0.2, -0.15) is 0 Å². The lowest BCUT2D eigenvalue weighted by Crippen LogP contribution is -2.41. The summed E-state index contributed by atoms with van der Waals surface area (Å²) in [5, 5.41) is 11.0. The molecular weight excluding hydrogens is 324 g/mol. The minimum atomic E-state index is -1.28. The van der Waals surface area contributed by atoms with Gasteiger partial charge in [0, 0.05) is 12.5 Å². The van der Waals surface area contributed by atoms with Crippen molar-refractivity contribution >= 4 is 27.8 Å². The van der Waals surface area contributed by atoms with Crippen molar-refractivity contribution in [2.75, 3.05) is 0 Å². The molecule has 4 nitrogen and oxygen atoms in total. The average molecular weight is 334 g/mol. The van der Waals surface area contributed by atoms with Crippen molar-refractivity contribution in [2.45, 2.75) is 12.5 Å². The maximum absolute atomic E-state index is 13.3. The van der Waals surface area contributed by atoms with Crippen molar-refractivity contribution in [3.63, 3.8) is 0 Å². The highest BCUT2D eigenvalue weighted by Gasteiger charge is 2.22. The van der Waals surface area contributed by atoms with Crippen LogP contribution in [0.3, 0.4) is 0 Å². The summed E-state index contributed by atoms with van der Waals surface area (Å²) in [4.78, 5) is 22.6. The molecule has 19 heavy (non-hydrogen) atoms. The quantitative estimate of drug-likeness (QED) is 0.869. The molecule has 7 heteroatoms. The van der Waals surface area contributed by atoms with Crippen LogP contribution in [0.2, 0.25) is 0 Å². The van der Waals surface area contributed by atoms with Gasteiger partial charge < -0.3 is 10.4 Å². The van der Waals surface area contributed by atoms with E-state index in [1.54, 1.807) is 0 Å². The van der Waals surface area contributed by atoms with Gasteiger partial charge in [-0.25, -0.2) is 13.6 Å². The van der Waals surface area contributed by atoms with Crippen LogP contribution in [0.4, 0.5) is 8.78 Å². The number of carbonyl (C=O) groups is 2. The average Bonchev–Trinajstić information content (AvgIpc) is 2.26. The Balaban J connectivity index is 2.87. The number of hydrogen-bond donors (Lipinski definition) is 2. The van der Waals surface area contributed by atoms with Crippen LogP contribution in [0.5, 0.6) is 0 Å². The van der Waals surface area contributed by atoms with Gasteiger partial charge in [-0.3, -0.25) is 4.79 Å². The Hall–Kier alpha value is -1.76. The highest BCUT2D eigenvalue weighted by Crippen LogP contribution is 2.13. The molecule has 0 spiro atoms. The van der Waals surface area contributed by atoms with Gasteiger partial charge in [0.25, 0.3) is 5.91 Å². The summed E-state index contributed by atoms with van der Waals surface area (Å²) in [6.45, 7) is 3.46. The van der Waals surface area contributed by atoms with Gasteiger partial charge in [0.05, 0.1) is 5.56 Å². The lowest BCUT2D eigenvalue weighted by Gasteiger charge is -2.14. The number of rotatable bonds is 5. The van der Waals surface area contributed by atoms with Crippen LogP contribution in [0.15, 0.2) is 29.3 Å². The first-order valence-electron chi connectivity index (χ1n) is 5.13. The van der Waals surface area contributed by atoms with E-state index in [0.717, 1.165) is 12.1 Å². The number of aliphatic carboxylic acids is 1. The Morgan fingerprint density at radius 3 is 2.53 bits per heavy atom. The van der Waals surface area contributed by atoms with E-state index in [4.69, 9.17) is 5.11 Å². The predicted molar refractivity (Wildman–Crippen MR) is 67.9 cm³/mol. The minimum Gasteiger partial charge on any atom is -0.480 e. The maximum Gasteiger partial charge on any atom is 0.326 e. The van der Waals surface area contributed by atoms with E-state index in [1.807, 2.05) is 0 Å². The first kappa shape index (κ1) is 15.3. The summed E-state index contributed by atoms with van der Waals surface area (Å²) in [7, 11) is 0. The van der Waals surface area contributed by atoms with Crippen LogP contribution in [0, 0.1) is 11.6 Å². The zero-order valence-corrected chi connectivity index (χ0v) is 11.2. The second-order valence-electron chi connectivity index (χ2n) is 3.71. The Labute approximate surface area is 116 Å². The number of carboxylic acids is 1. The number of carboxylic acid groups (broad SMARTS) is 1. The zero-order chi connectivity index (χ0) is 14.6. The van der Waals surface area contributed by atoms with Crippen molar-refractivity contribution in [3.8, 4) is 0 Å². The first-order chi connectivity index (χ1) is 8.81.